The van der Waals surface area contributed by atoms with Crippen LogP contribution >= 0.6 is 0 Å². The van der Waals surface area contributed by atoms with Crippen LogP contribution in [-0.2, 0) is 10.0 Å². The van der Waals surface area contributed by atoms with Crippen molar-refractivity contribution in [2.45, 2.75) is 17.7 Å². The van der Waals surface area contributed by atoms with Crippen molar-refractivity contribution in [1.82, 2.24) is 0 Å². The summed E-state index contributed by atoms with van der Waals surface area (Å²) >= 11 is 0. The van der Waals surface area contributed by atoms with E-state index in [1.807, 2.05) is 12.1 Å². The van der Waals surface area contributed by atoms with Gasteiger partial charge in [-0.25, -0.2) is 13.6 Å². The third-order valence-corrected chi connectivity index (χ3v) is 4.88. The van der Waals surface area contributed by atoms with Crippen LogP contribution in [0.2, 0.25) is 0 Å². The summed E-state index contributed by atoms with van der Waals surface area (Å²) in [6, 6.07) is 14.4. The summed E-state index contributed by atoms with van der Waals surface area (Å²) in [7, 11) is -3.66. The van der Waals surface area contributed by atoms with Crippen molar-refractivity contribution in [1.29, 1.82) is 0 Å². The lowest BCUT2D eigenvalue weighted by Gasteiger charge is -2.17. The smallest absolute Gasteiger partial charge is 0.238 e. The highest BCUT2D eigenvalue weighted by molar-refractivity contribution is 7.89. The summed E-state index contributed by atoms with van der Waals surface area (Å²) in [4.78, 5) is 2.46. The fourth-order valence-corrected chi connectivity index (χ4v) is 3.16. The Bertz CT molecular complexity index is 809. The molecule has 0 atom stereocenters. The Morgan fingerprint density at radius 1 is 1.00 bits per heavy atom. The second-order valence-electron chi connectivity index (χ2n) is 5.73. The van der Waals surface area contributed by atoms with E-state index in [1.165, 1.54) is 30.7 Å². The van der Waals surface area contributed by atoms with Crippen molar-refractivity contribution in [3.8, 4) is 0 Å². The van der Waals surface area contributed by atoms with Gasteiger partial charge in [0.25, 0.3) is 0 Å². The summed E-state index contributed by atoms with van der Waals surface area (Å²) in [6.07, 6.45) is 4.25. The van der Waals surface area contributed by atoms with Crippen molar-refractivity contribution < 1.29 is 8.42 Å². The van der Waals surface area contributed by atoms with Crippen molar-refractivity contribution in [3.05, 3.63) is 54.1 Å². The van der Waals surface area contributed by atoms with Gasteiger partial charge < -0.3 is 4.90 Å². The second kappa shape index (κ2) is 7.02. The lowest BCUT2D eigenvalue weighted by molar-refractivity contribution is 0.598. The number of hydrazone groups is 1. The number of nitrogens with two attached hydrogens (primary N) is 1. The van der Waals surface area contributed by atoms with Crippen molar-refractivity contribution in [2.75, 3.05) is 23.4 Å². The van der Waals surface area contributed by atoms with E-state index >= 15 is 0 Å². The average molecular weight is 344 g/mol. The molecule has 0 amide bonds. The first-order valence-corrected chi connectivity index (χ1v) is 9.34. The molecule has 0 aromatic heterocycles. The van der Waals surface area contributed by atoms with Crippen LogP contribution in [0.15, 0.2) is 58.5 Å². The van der Waals surface area contributed by atoms with Gasteiger partial charge >= 0.3 is 0 Å². The maximum absolute atomic E-state index is 11.2. The number of hydrogen-bond acceptors (Lipinski definition) is 5. The van der Waals surface area contributed by atoms with Crippen LogP contribution in [0, 0.1) is 0 Å². The molecule has 1 fully saturated rings. The van der Waals surface area contributed by atoms with Crippen molar-refractivity contribution in [3.63, 3.8) is 0 Å². The van der Waals surface area contributed by atoms with Gasteiger partial charge in [-0.1, -0.05) is 12.1 Å². The maximum Gasteiger partial charge on any atom is 0.238 e. The van der Waals surface area contributed by atoms with Crippen LogP contribution in [0.3, 0.4) is 0 Å². The Morgan fingerprint density at radius 3 is 2.21 bits per heavy atom. The molecule has 3 N–H and O–H groups in total. The molecule has 0 aliphatic carbocycles. The molecule has 24 heavy (non-hydrogen) atoms. The highest BCUT2D eigenvalue weighted by atomic mass is 32.2. The van der Waals surface area contributed by atoms with Gasteiger partial charge in [0.2, 0.25) is 10.0 Å². The normalized spacial score (nSPS) is 15.1. The summed E-state index contributed by atoms with van der Waals surface area (Å²) in [5.41, 5.74) is 5.79. The van der Waals surface area contributed by atoms with Crippen LogP contribution in [0.4, 0.5) is 11.4 Å². The van der Waals surface area contributed by atoms with E-state index in [4.69, 9.17) is 5.14 Å². The van der Waals surface area contributed by atoms with Crippen LogP contribution in [0.5, 0.6) is 0 Å². The molecule has 0 bridgehead atoms. The molecule has 7 heteroatoms. The zero-order valence-corrected chi connectivity index (χ0v) is 14.0. The molecule has 2 aromatic rings. The van der Waals surface area contributed by atoms with E-state index in [0.717, 1.165) is 18.7 Å². The highest BCUT2D eigenvalue weighted by Crippen LogP contribution is 2.20. The predicted molar refractivity (Wildman–Crippen MR) is 96.9 cm³/mol. The largest absolute Gasteiger partial charge is 0.372 e. The fraction of sp³-hybridized carbons (Fsp3) is 0.235. The predicted octanol–water partition coefficient (Wildman–Crippen LogP) is 2.38. The lowest BCUT2D eigenvalue weighted by Crippen LogP contribution is -2.17. The van der Waals surface area contributed by atoms with Gasteiger partial charge in [-0.05, 0) is 54.8 Å². The number of nitrogens with zero attached hydrogens (tertiary/aromatic N) is 2. The monoisotopic (exact) mass is 344 g/mol. The molecular weight excluding hydrogens is 324 g/mol. The Balaban J connectivity index is 1.59. The van der Waals surface area contributed by atoms with Crippen LogP contribution in [0.1, 0.15) is 18.4 Å². The topological polar surface area (TPSA) is 87.8 Å². The average Bonchev–Trinajstić information content (AvgIpc) is 3.10. The minimum absolute atomic E-state index is 0.0783. The molecule has 1 aliphatic rings. The SMILES string of the molecule is NS(=O)(=O)c1ccc(N/N=C/c2ccc(N3CCCC3)cc2)cc1. The lowest BCUT2D eigenvalue weighted by atomic mass is 10.2. The molecule has 1 aliphatic heterocycles. The molecule has 3 rings (SSSR count). The van der Waals surface area contributed by atoms with E-state index in [-0.39, 0.29) is 4.90 Å². The third kappa shape index (κ3) is 4.12. The minimum Gasteiger partial charge on any atom is -0.372 e. The van der Waals surface area contributed by atoms with Crippen LogP contribution in [0.25, 0.3) is 0 Å². The molecule has 0 radical (unpaired) electrons. The first kappa shape index (κ1) is 16.5. The van der Waals surface area contributed by atoms with Gasteiger partial charge in [-0.2, -0.15) is 5.10 Å². The van der Waals surface area contributed by atoms with E-state index in [0.29, 0.717) is 5.69 Å². The van der Waals surface area contributed by atoms with Crippen molar-refractivity contribution >= 4 is 27.6 Å². The molecular formula is C17H20N4O2S. The fourth-order valence-electron chi connectivity index (χ4n) is 2.65. The number of primary sulfonamides is 1. The maximum atomic E-state index is 11.2. The van der Waals surface area contributed by atoms with Crippen LogP contribution < -0.4 is 15.5 Å². The number of hydrogen-bond donors (Lipinski definition) is 2. The molecule has 2 aromatic carbocycles. The van der Waals surface area contributed by atoms with Gasteiger partial charge in [0.15, 0.2) is 0 Å². The van der Waals surface area contributed by atoms with E-state index in [2.05, 4.69) is 27.6 Å². The Morgan fingerprint density at radius 2 is 1.62 bits per heavy atom. The molecule has 1 saturated heterocycles. The zero-order chi connectivity index (χ0) is 17.0. The molecule has 126 valence electrons. The van der Waals surface area contributed by atoms with E-state index < -0.39 is 10.0 Å². The summed E-state index contributed by atoms with van der Waals surface area (Å²) in [6.45, 7) is 2.26. The zero-order valence-electron chi connectivity index (χ0n) is 13.2. The Kier molecular flexibility index (Phi) is 4.82. The van der Waals surface area contributed by atoms with Gasteiger partial charge in [0, 0.05) is 18.8 Å². The first-order chi connectivity index (χ1) is 11.5. The number of sulfonamides is 1. The van der Waals surface area contributed by atoms with E-state index in [1.54, 1.807) is 18.3 Å². The molecule has 0 unspecified atom stereocenters. The first-order valence-electron chi connectivity index (χ1n) is 7.79. The number of nitrogens with one attached hydrogen (secondary N) is 1. The number of anilines is 2. The van der Waals surface area contributed by atoms with Gasteiger partial charge in [-0.15, -0.1) is 0 Å². The Labute approximate surface area is 142 Å². The summed E-state index contributed by atoms with van der Waals surface area (Å²) < 4.78 is 22.4. The number of rotatable bonds is 5. The Hall–Kier alpha value is -2.38. The molecule has 0 saturated carbocycles. The quantitative estimate of drug-likeness (QED) is 0.644. The van der Waals surface area contributed by atoms with Gasteiger partial charge in [-0.3, -0.25) is 5.43 Å². The third-order valence-electron chi connectivity index (χ3n) is 3.95. The van der Waals surface area contributed by atoms with Gasteiger partial charge in [0.05, 0.1) is 16.8 Å². The number of benzene rings is 2. The molecule has 0 spiro atoms. The summed E-state index contributed by atoms with van der Waals surface area (Å²) in [5, 5.41) is 9.22. The minimum atomic E-state index is -3.66. The standard InChI is InChI=1S/C17H20N4O2S/c18-24(22,23)17-9-5-15(6-10-17)20-19-13-14-3-7-16(8-4-14)21-11-1-2-12-21/h3-10,13,20H,1-2,11-12H2,(H2,18,22,23)/b19-13+. The highest BCUT2D eigenvalue weighted by Gasteiger charge is 2.11. The summed E-state index contributed by atoms with van der Waals surface area (Å²) in [5.74, 6) is 0. The second-order valence-corrected chi connectivity index (χ2v) is 7.29. The van der Waals surface area contributed by atoms with Gasteiger partial charge in [0.1, 0.15) is 0 Å². The van der Waals surface area contributed by atoms with Crippen LogP contribution in [-0.4, -0.2) is 27.7 Å². The van der Waals surface area contributed by atoms with Crippen molar-refractivity contribution in [2.24, 2.45) is 10.2 Å². The molecule has 1 heterocycles. The molecule has 6 nitrogen and oxygen atoms in total. The van der Waals surface area contributed by atoms with E-state index in [9.17, 15) is 8.42 Å².